The molecule has 0 aromatic rings. The van der Waals surface area contributed by atoms with Crippen LogP contribution in [0.3, 0.4) is 0 Å². The van der Waals surface area contributed by atoms with E-state index in [0.29, 0.717) is 25.6 Å². The van der Waals surface area contributed by atoms with Crippen molar-refractivity contribution in [1.82, 2.24) is 10.6 Å². The molecule has 2 fully saturated rings. The molecule has 0 aromatic carbocycles. The molecule has 0 heterocycles. The van der Waals surface area contributed by atoms with Gasteiger partial charge in [0.2, 0.25) is 0 Å². The summed E-state index contributed by atoms with van der Waals surface area (Å²) in [6, 6.07) is 0. The normalized spacial score (nSPS) is 19.2. The van der Waals surface area contributed by atoms with Gasteiger partial charge < -0.3 is 16.4 Å². The van der Waals surface area contributed by atoms with Crippen molar-refractivity contribution in [2.45, 2.75) is 25.7 Å². The van der Waals surface area contributed by atoms with Gasteiger partial charge in [-0.1, -0.05) is 0 Å². The van der Waals surface area contributed by atoms with E-state index in [1.54, 1.807) is 0 Å². The molecule has 5 nitrogen and oxygen atoms in total. The highest BCUT2D eigenvalue weighted by Crippen LogP contribution is 2.48. The highest BCUT2D eigenvalue weighted by Gasteiger charge is 2.41. The van der Waals surface area contributed by atoms with Crippen molar-refractivity contribution in [2.24, 2.45) is 23.5 Å². The first-order chi connectivity index (χ1) is 8.22. The number of carbonyl (C=O) groups excluding carboxylic acids is 2. The van der Waals surface area contributed by atoms with E-state index < -0.39 is 11.8 Å². The fourth-order valence-electron chi connectivity index (χ4n) is 2.32. The number of hydrogen-bond acceptors (Lipinski definition) is 3. The molecule has 2 amide bonds. The SMILES string of the molecule is NCCNC(=O)C(=O)NCC(C1CC1)C1CC1. The average Bonchev–Trinajstić information content (AvgIpc) is 3.15. The number of rotatable bonds is 6. The van der Waals surface area contributed by atoms with Crippen LogP contribution in [0, 0.1) is 17.8 Å². The summed E-state index contributed by atoms with van der Waals surface area (Å²) in [5.41, 5.74) is 5.25. The molecule has 0 atom stereocenters. The van der Waals surface area contributed by atoms with Crippen LogP contribution in [-0.2, 0) is 9.59 Å². The van der Waals surface area contributed by atoms with Gasteiger partial charge in [-0.25, -0.2) is 0 Å². The number of amides is 2. The lowest BCUT2D eigenvalue weighted by Crippen LogP contribution is -2.43. The Morgan fingerprint density at radius 1 is 1.06 bits per heavy atom. The minimum absolute atomic E-state index is 0.348. The van der Waals surface area contributed by atoms with Crippen LogP contribution < -0.4 is 16.4 Å². The molecule has 0 aromatic heterocycles. The van der Waals surface area contributed by atoms with E-state index in [1.165, 1.54) is 25.7 Å². The maximum absolute atomic E-state index is 11.5. The minimum atomic E-state index is -0.569. The Labute approximate surface area is 102 Å². The van der Waals surface area contributed by atoms with Crippen molar-refractivity contribution in [2.75, 3.05) is 19.6 Å². The van der Waals surface area contributed by atoms with Crippen LogP contribution in [0.2, 0.25) is 0 Å². The number of nitrogens with two attached hydrogens (primary N) is 1. The Bertz CT molecular complexity index is 286. The molecule has 96 valence electrons. The molecule has 0 saturated heterocycles. The van der Waals surface area contributed by atoms with Crippen molar-refractivity contribution in [3.63, 3.8) is 0 Å². The fraction of sp³-hybridized carbons (Fsp3) is 0.833. The summed E-state index contributed by atoms with van der Waals surface area (Å²) >= 11 is 0. The zero-order valence-corrected chi connectivity index (χ0v) is 10.1. The minimum Gasteiger partial charge on any atom is -0.348 e. The molecule has 0 spiro atoms. The van der Waals surface area contributed by atoms with Crippen molar-refractivity contribution in [3.8, 4) is 0 Å². The smallest absolute Gasteiger partial charge is 0.309 e. The molecule has 2 aliphatic carbocycles. The van der Waals surface area contributed by atoms with Crippen molar-refractivity contribution in [1.29, 1.82) is 0 Å². The monoisotopic (exact) mass is 239 g/mol. The van der Waals surface area contributed by atoms with Crippen LogP contribution in [-0.4, -0.2) is 31.4 Å². The Morgan fingerprint density at radius 3 is 2.06 bits per heavy atom. The summed E-state index contributed by atoms with van der Waals surface area (Å²) in [5.74, 6) is 1.08. The third-order valence-corrected chi connectivity index (χ3v) is 3.59. The maximum atomic E-state index is 11.5. The summed E-state index contributed by atoms with van der Waals surface area (Å²) in [7, 11) is 0. The zero-order valence-electron chi connectivity index (χ0n) is 10.1. The third kappa shape index (κ3) is 3.70. The molecule has 0 unspecified atom stereocenters. The predicted octanol–water partition coefficient (Wildman–Crippen LogP) is -0.386. The highest BCUT2D eigenvalue weighted by molar-refractivity contribution is 6.35. The van der Waals surface area contributed by atoms with Gasteiger partial charge in [-0.3, -0.25) is 9.59 Å². The van der Waals surface area contributed by atoms with E-state index in [9.17, 15) is 9.59 Å². The molecule has 5 heteroatoms. The van der Waals surface area contributed by atoms with Gasteiger partial charge in [-0.05, 0) is 43.4 Å². The largest absolute Gasteiger partial charge is 0.348 e. The highest BCUT2D eigenvalue weighted by atomic mass is 16.2. The lowest BCUT2D eigenvalue weighted by molar-refractivity contribution is -0.139. The van der Waals surface area contributed by atoms with Gasteiger partial charge in [0.1, 0.15) is 0 Å². The van der Waals surface area contributed by atoms with Gasteiger partial charge >= 0.3 is 11.8 Å². The molecule has 0 radical (unpaired) electrons. The number of hydrogen-bond donors (Lipinski definition) is 3. The van der Waals surface area contributed by atoms with Crippen LogP contribution in [0.5, 0.6) is 0 Å². The fourth-order valence-corrected chi connectivity index (χ4v) is 2.32. The van der Waals surface area contributed by atoms with Gasteiger partial charge in [0, 0.05) is 19.6 Å². The maximum Gasteiger partial charge on any atom is 0.309 e. The summed E-state index contributed by atoms with van der Waals surface area (Å²) < 4.78 is 0. The molecule has 0 bridgehead atoms. The molecule has 2 aliphatic rings. The molecular formula is C12H21N3O2. The number of nitrogens with one attached hydrogen (secondary N) is 2. The van der Waals surface area contributed by atoms with Crippen LogP contribution in [0.4, 0.5) is 0 Å². The summed E-state index contributed by atoms with van der Waals surface area (Å²) in [5, 5.41) is 5.21. The topological polar surface area (TPSA) is 84.2 Å². The van der Waals surface area contributed by atoms with E-state index in [-0.39, 0.29) is 0 Å². The van der Waals surface area contributed by atoms with Gasteiger partial charge in [-0.15, -0.1) is 0 Å². The van der Waals surface area contributed by atoms with Crippen LogP contribution >= 0.6 is 0 Å². The Kier molecular flexibility index (Phi) is 3.99. The lowest BCUT2D eigenvalue weighted by atomic mass is 9.98. The van der Waals surface area contributed by atoms with E-state index in [1.807, 2.05) is 0 Å². The first-order valence-electron chi connectivity index (χ1n) is 6.48. The Morgan fingerprint density at radius 2 is 1.59 bits per heavy atom. The second-order valence-corrected chi connectivity index (χ2v) is 5.09. The second kappa shape index (κ2) is 5.49. The third-order valence-electron chi connectivity index (χ3n) is 3.59. The van der Waals surface area contributed by atoms with E-state index in [0.717, 1.165) is 11.8 Å². The second-order valence-electron chi connectivity index (χ2n) is 5.09. The van der Waals surface area contributed by atoms with Gasteiger partial charge in [0.05, 0.1) is 0 Å². The van der Waals surface area contributed by atoms with Crippen molar-refractivity contribution in [3.05, 3.63) is 0 Å². The molecule has 4 N–H and O–H groups in total. The van der Waals surface area contributed by atoms with Gasteiger partial charge in [0.25, 0.3) is 0 Å². The van der Waals surface area contributed by atoms with Crippen molar-refractivity contribution >= 4 is 11.8 Å². The standard InChI is InChI=1S/C12H21N3O2/c13-5-6-14-11(16)12(17)15-7-10(8-1-2-8)9-3-4-9/h8-10H,1-7,13H2,(H,14,16)(H,15,17). The molecule has 17 heavy (non-hydrogen) atoms. The van der Waals surface area contributed by atoms with Crippen molar-refractivity contribution < 1.29 is 9.59 Å². The molecule has 0 aliphatic heterocycles. The zero-order chi connectivity index (χ0) is 12.3. The Hall–Kier alpha value is -1.10. The van der Waals surface area contributed by atoms with Gasteiger partial charge in [-0.2, -0.15) is 0 Å². The van der Waals surface area contributed by atoms with Gasteiger partial charge in [0.15, 0.2) is 0 Å². The average molecular weight is 239 g/mol. The molecule has 2 rings (SSSR count). The molecule has 2 saturated carbocycles. The van der Waals surface area contributed by atoms with Crippen LogP contribution in [0.1, 0.15) is 25.7 Å². The summed E-state index contributed by atoms with van der Waals surface area (Å²) in [4.78, 5) is 22.8. The van der Waals surface area contributed by atoms with E-state index >= 15 is 0 Å². The predicted molar refractivity (Wildman–Crippen MR) is 64.0 cm³/mol. The summed E-state index contributed by atoms with van der Waals surface area (Å²) in [6.07, 6.45) is 5.15. The van der Waals surface area contributed by atoms with E-state index in [2.05, 4.69) is 10.6 Å². The number of carbonyl (C=O) groups is 2. The first-order valence-corrected chi connectivity index (χ1v) is 6.48. The van der Waals surface area contributed by atoms with Crippen LogP contribution in [0.25, 0.3) is 0 Å². The van der Waals surface area contributed by atoms with Crippen LogP contribution in [0.15, 0.2) is 0 Å². The summed E-state index contributed by atoms with van der Waals surface area (Å²) in [6.45, 7) is 1.36. The Balaban J connectivity index is 1.68. The quantitative estimate of drug-likeness (QED) is 0.552. The lowest BCUT2D eigenvalue weighted by Gasteiger charge is -2.15. The van der Waals surface area contributed by atoms with E-state index in [4.69, 9.17) is 5.73 Å². The molecular weight excluding hydrogens is 218 g/mol. The first kappa shape index (κ1) is 12.4.